The molecule has 192 valence electrons. The van der Waals surface area contributed by atoms with Gasteiger partial charge in [-0.1, -0.05) is 69.0 Å². The van der Waals surface area contributed by atoms with E-state index in [1.165, 1.54) is 60.8 Å². The number of hydrogen-bond acceptors (Lipinski definition) is 3. The van der Waals surface area contributed by atoms with Gasteiger partial charge in [0, 0.05) is 41.9 Å². The standard InChI is InChI=1S/C21H27NOS.C9H17NO/c1-6-19-10-7-16(2)15-21(19)17(3)22-14-13-18-8-11-20(12-9-18)24(4,5)23;1-8(11)10-9-6-4-2-3-5-7-9/h7-12,15,22H,3-4,6,13-14H2,1-2,5H3;9H,2-7H2,1H3,(H,10,11). The number of carbonyl (C=O) groups is 1. The highest BCUT2D eigenvalue weighted by Gasteiger charge is 2.12. The molecule has 0 aromatic heterocycles. The lowest BCUT2D eigenvalue weighted by atomic mass is 10.0. The van der Waals surface area contributed by atoms with Crippen molar-refractivity contribution in [2.75, 3.05) is 12.8 Å². The molecular weight excluding hydrogens is 452 g/mol. The van der Waals surface area contributed by atoms with Crippen molar-refractivity contribution in [3.8, 4) is 0 Å². The molecule has 4 nitrogen and oxygen atoms in total. The van der Waals surface area contributed by atoms with E-state index in [0.29, 0.717) is 6.04 Å². The Morgan fingerprint density at radius 3 is 2.23 bits per heavy atom. The van der Waals surface area contributed by atoms with Crippen LogP contribution in [-0.4, -0.2) is 34.8 Å². The van der Waals surface area contributed by atoms with Crippen LogP contribution in [0.5, 0.6) is 0 Å². The van der Waals surface area contributed by atoms with Crippen molar-refractivity contribution in [1.29, 1.82) is 0 Å². The Bertz CT molecular complexity index is 1060. The smallest absolute Gasteiger partial charge is 0.217 e. The lowest BCUT2D eigenvalue weighted by Gasteiger charge is -2.14. The fourth-order valence-corrected chi connectivity index (χ4v) is 5.10. The third-order valence-corrected chi connectivity index (χ3v) is 7.68. The second kappa shape index (κ2) is 14.1. The molecule has 0 saturated heterocycles. The summed E-state index contributed by atoms with van der Waals surface area (Å²) < 4.78 is 11.9. The van der Waals surface area contributed by atoms with Gasteiger partial charge in [-0.3, -0.25) is 9.00 Å². The molecule has 0 bridgehead atoms. The summed E-state index contributed by atoms with van der Waals surface area (Å²) in [4.78, 5) is 11.5. The number of rotatable bonds is 8. The van der Waals surface area contributed by atoms with E-state index >= 15 is 0 Å². The van der Waals surface area contributed by atoms with E-state index in [2.05, 4.69) is 55.1 Å². The largest absolute Gasteiger partial charge is 0.385 e. The minimum atomic E-state index is -2.13. The fraction of sp³-hybridized carbons (Fsp3) is 0.467. The van der Waals surface area contributed by atoms with Crippen molar-refractivity contribution in [2.24, 2.45) is 0 Å². The lowest BCUT2D eigenvalue weighted by Crippen LogP contribution is -2.32. The third-order valence-electron chi connectivity index (χ3n) is 6.41. The molecule has 2 N–H and O–H groups in total. The molecule has 1 fully saturated rings. The van der Waals surface area contributed by atoms with Gasteiger partial charge >= 0.3 is 0 Å². The van der Waals surface area contributed by atoms with Gasteiger partial charge in [-0.25, -0.2) is 0 Å². The maximum atomic E-state index is 11.9. The van der Waals surface area contributed by atoms with Crippen LogP contribution in [0, 0.1) is 6.92 Å². The number of aryl methyl sites for hydroxylation is 2. The first-order valence-corrected chi connectivity index (χ1v) is 14.9. The molecule has 0 heterocycles. The zero-order valence-corrected chi connectivity index (χ0v) is 22.9. The van der Waals surface area contributed by atoms with Crippen LogP contribution in [-0.2, 0) is 27.2 Å². The highest BCUT2D eigenvalue weighted by atomic mass is 32.2. The molecule has 0 aliphatic heterocycles. The van der Waals surface area contributed by atoms with Crippen LogP contribution < -0.4 is 10.6 Å². The summed E-state index contributed by atoms with van der Waals surface area (Å²) >= 11 is 0. The molecule has 3 rings (SSSR count). The molecule has 0 radical (unpaired) electrons. The second-order valence-electron chi connectivity index (χ2n) is 9.71. The first kappa shape index (κ1) is 28.7. The predicted molar refractivity (Wildman–Crippen MR) is 152 cm³/mol. The number of hydrogen-bond donors (Lipinski definition) is 2. The minimum Gasteiger partial charge on any atom is -0.385 e. The Kier molecular flexibility index (Phi) is 11.6. The van der Waals surface area contributed by atoms with Crippen LogP contribution in [0.2, 0.25) is 0 Å². The third kappa shape index (κ3) is 10.3. The molecule has 1 saturated carbocycles. The van der Waals surface area contributed by atoms with Gasteiger partial charge in [0.25, 0.3) is 0 Å². The monoisotopic (exact) mass is 496 g/mol. The molecule has 1 aliphatic carbocycles. The number of amides is 1. The zero-order valence-electron chi connectivity index (χ0n) is 22.1. The Morgan fingerprint density at radius 2 is 1.69 bits per heavy atom. The van der Waals surface area contributed by atoms with E-state index in [1.54, 1.807) is 13.2 Å². The summed E-state index contributed by atoms with van der Waals surface area (Å²) in [5.74, 6) is 3.84. The number of carbonyl (C=O) groups excluding carboxylic acids is 1. The van der Waals surface area contributed by atoms with Gasteiger partial charge in [-0.2, -0.15) is 0 Å². The topological polar surface area (TPSA) is 58.2 Å². The molecule has 1 atom stereocenters. The van der Waals surface area contributed by atoms with E-state index in [0.717, 1.165) is 30.0 Å². The molecule has 1 aliphatic rings. The first-order chi connectivity index (χ1) is 16.6. The highest BCUT2D eigenvalue weighted by Crippen LogP contribution is 2.19. The van der Waals surface area contributed by atoms with Gasteiger partial charge in [-0.05, 0) is 77.3 Å². The van der Waals surface area contributed by atoms with Gasteiger partial charge in [0.15, 0.2) is 0 Å². The van der Waals surface area contributed by atoms with Gasteiger partial charge in [0.1, 0.15) is 0 Å². The van der Waals surface area contributed by atoms with Crippen LogP contribution in [0.15, 0.2) is 53.9 Å². The van der Waals surface area contributed by atoms with Crippen molar-refractivity contribution >= 4 is 27.0 Å². The average Bonchev–Trinajstić information content (AvgIpc) is 3.07. The Balaban J connectivity index is 0.000000328. The summed E-state index contributed by atoms with van der Waals surface area (Å²) in [6, 6.07) is 14.9. The Labute approximate surface area is 213 Å². The maximum Gasteiger partial charge on any atom is 0.217 e. The van der Waals surface area contributed by atoms with E-state index in [1.807, 2.05) is 24.3 Å². The predicted octanol–water partition coefficient (Wildman–Crippen LogP) is 5.91. The molecule has 1 amide bonds. The number of benzene rings is 2. The quantitative estimate of drug-likeness (QED) is 0.353. The Morgan fingerprint density at radius 1 is 1.06 bits per heavy atom. The van der Waals surface area contributed by atoms with E-state index < -0.39 is 9.52 Å². The minimum absolute atomic E-state index is 0.122. The Hall–Kier alpha value is -2.53. The van der Waals surface area contributed by atoms with Crippen molar-refractivity contribution < 1.29 is 9.00 Å². The summed E-state index contributed by atoms with van der Waals surface area (Å²) in [5.41, 5.74) is 5.95. The van der Waals surface area contributed by atoms with Crippen LogP contribution in [0.3, 0.4) is 0 Å². The molecule has 5 heteroatoms. The van der Waals surface area contributed by atoms with E-state index in [-0.39, 0.29) is 5.91 Å². The average molecular weight is 497 g/mol. The summed E-state index contributed by atoms with van der Waals surface area (Å²) in [6.07, 6.45) is 11.2. The van der Waals surface area contributed by atoms with Crippen LogP contribution in [0.4, 0.5) is 0 Å². The SMILES string of the molecule is C=C(NCCc1ccc(S(=C)(C)=O)cc1)c1cc(C)ccc1CC.CC(=O)NC1CCCCCC1. The first-order valence-electron chi connectivity index (χ1n) is 12.8. The van der Waals surface area contributed by atoms with Gasteiger partial charge < -0.3 is 10.6 Å². The van der Waals surface area contributed by atoms with Crippen molar-refractivity contribution in [2.45, 2.75) is 83.1 Å². The highest BCUT2D eigenvalue weighted by molar-refractivity contribution is 7.99. The summed E-state index contributed by atoms with van der Waals surface area (Å²) in [6.45, 7) is 10.9. The van der Waals surface area contributed by atoms with Gasteiger partial charge in [0.05, 0.1) is 0 Å². The van der Waals surface area contributed by atoms with Crippen LogP contribution >= 0.6 is 0 Å². The van der Waals surface area contributed by atoms with Crippen molar-refractivity contribution in [1.82, 2.24) is 10.6 Å². The van der Waals surface area contributed by atoms with Crippen LogP contribution in [0.25, 0.3) is 5.70 Å². The summed E-state index contributed by atoms with van der Waals surface area (Å²) in [5, 5.41) is 6.41. The van der Waals surface area contributed by atoms with Crippen LogP contribution in [0.1, 0.15) is 74.6 Å². The molecule has 2 aromatic rings. The van der Waals surface area contributed by atoms with Crippen molar-refractivity contribution in [3.05, 3.63) is 71.3 Å². The van der Waals surface area contributed by atoms with Gasteiger partial charge in [0.2, 0.25) is 5.91 Å². The summed E-state index contributed by atoms with van der Waals surface area (Å²) in [7, 11) is -2.13. The lowest BCUT2D eigenvalue weighted by molar-refractivity contribution is -0.119. The van der Waals surface area contributed by atoms with Gasteiger partial charge in [-0.15, -0.1) is 0 Å². The molecule has 2 aromatic carbocycles. The molecular formula is C30H44N2O2S. The number of nitrogens with one attached hydrogen (secondary N) is 2. The zero-order chi connectivity index (χ0) is 25.8. The molecule has 35 heavy (non-hydrogen) atoms. The fourth-order valence-electron chi connectivity index (χ4n) is 4.39. The maximum absolute atomic E-state index is 11.9. The molecule has 0 spiro atoms. The van der Waals surface area contributed by atoms with E-state index in [4.69, 9.17) is 0 Å². The van der Waals surface area contributed by atoms with Crippen molar-refractivity contribution in [3.63, 3.8) is 0 Å². The normalized spacial score (nSPS) is 15.7. The molecule has 1 unspecified atom stereocenters. The second-order valence-corrected chi connectivity index (χ2v) is 12.2. The van der Waals surface area contributed by atoms with E-state index in [9.17, 15) is 9.00 Å².